The maximum absolute atomic E-state index is 12.1. The van der Waals surface area contributed by atoms with Crippen LogP contribution in [0.3, 0.4) is 0 Å². The fourth-order valence-electron chi connectivity index (χ4n) is 2.16. The molecule has 0 saturated heterocycles. The van der Waals surface area contributed by atoms with Crippen LogP contribution in [0.15, 0.2) is 18.2 Å². The molecule has 9 heteroatoms. The summed E-state index contributed by atoms with van der Waals surface area (Å²) in [5.41, 5.74) is 0.314. The molecule has 0 unspecified atom stereocenters. The maximum Gasteiger partial charge on any atom is 0.232 e. The number of hydrogen-bond acceptors (Lipinski definition) is 4. The smallest absolute Gasteiger partial charge is 0.232 e. The molecule has 0 bridgehead atoms. The zero-order chi connectivity index (χ0) is 18.9. The van der Waals surface area contributed by atoms with Crippen molar-refractivity contribution in [1.29, 1.82) is 0 Å². The lowest BCUT2D eigenvalue weighted by Crippen LogP contribution is -2.32. The second kappa shape index (κ2) is 10.9. The van der Waals surface area contributed by atoms with Crippen LogP contribution < -0.4 is 9.62 Å². The van der Waals surface area contributed by atoms with Crippen molar-refractivity contribution in [3.63, 3.8) is 0 Å². The largest absolute Gasteiger partial charge is 0.382 e. The molecule has 0 atom stereocenters. The van der Waals surface area contributed by atoms with Crippen molar-refractivity contribution in [2.45, 2.75) is 26.2 Å². The van der Waals surface area contributed by atoms with Gasteiger partial charge in [0.2, 0.25) is 15.9 Å². The van der Waals surface area contributed by atoms with E-state index in [1.807, 2.05) is 6.92 Å². The van der Waals surface area contributed by atoms with E-state index in [9.17, 15) is 13.2 Å². The normalized spacial score (nSPS) is 11.4. The summed E-state index contributed by atoms with van der Waals surface area (Å²) in [6.07, 6.45) is 2.43. The topological polar surface area (TPSA) is 75.7 Å². The molecule has 0 aliphatic heterocycles. The molecular weight excluding hydrogens is 387 g/mol. The molecule has 1 rings (SSSR count). The van der Waals surface area contributed by atoms with Crippen LogP contribution >= 0.6 is 23.2 Å². The molecule has 142 valence electrons. The number of amides is 1. The highest BCUT2D eigenvalue weighted by molar-refractivity contribution is 7.92. The monoisotopic (exact) mass is 410 g/mol. The zero-order valence-corrected chi connectivity index (χ0v) is 16.8. The maximum atomic E-state index is 12.1. The van der Waals surface area contributed by atoms with Crippen molar-refractivity contribution < 1.29 is 17.9 Å². The Bertz CT molecular complexity index is 668. The van der Waals surface area contributed by atoms with Gasteiger partial charge in [-0.1, -0.05) is 23.2 Å². The third-order valence-corrected chi connectivity index (χ3v) is 5.07. The SMILES string of the molecule is CCOCCCNC(=O)CCCN(c1cc(Cl)ccc1Cl)S(C)(=O)=O. The fourth-order valence-corrected chi connectivity index (χ4v) is 3.56. The van der Waals surface area contributed by atoms with Crippen LogP contribution in [-0.4, -0.2) is 46.9 Å². The zero-order valence-electron chi connectivity index (χ0n) is 14.4. The van der Waals surface area contributed by atoms with Crippen LogP contribution in [0, 0.1) is 0 Å². The molecule has 1 N–H and O–H groups in total. The first-order valence-corrected chi connectivity index (χ1v) is 10.6. The molecule has 6 nitrogen and oxygen atoms in total. The van der Waals surface area contributed by atoms with Gasteiger partial charge in [-0.05, 0) is 38.0 Å². The highest BCUT2D eigenvalue weighted by Gasteiger charge is 2.20. The summed E-state index contributed by atoms with van der Waals surface area (Å²) >= 11 is 12.0. The standard InChI is InChI=1S/C16H24Cl2N2O4S/c1-3-24-11-5-9-19-16(21)6-4-10-20(25(2,22)23)15-12-13(17)7-8-14(15)18/h7-8,12H,3-6,9-11H2,1-2H3,(H,19,21). The molecule has 0 aliphatic rings. The quantitative estimate of drug-likeness (QED) is 0.568. The Morgan fingerprint density at radius 1 is 1.28 bits per heavy atom. The van der Waals surface area contributed by atoms with E-state index in [0.29, 0.717) is 36.9 Å². The number of nitrogens with one attached hydrogen (secondary N) is 1. The first kappa shape index (κ1) is 22.0. The lowest BCUT2D eigenvalue weighted by Gasteiger charge is -2.23. The highest BCUT2D eigenvalue weighted by Crippen LogP contribution is 2.30. The summed E-state index contributed by atoms with van der Waals surface area (Å²) in [7, 11) is -3.54. The Morgan fingerprint density at radius 3 is 2.64 bits per heavy atom. The van der Waals surface area contributed by atoms with Gasteiger partial charge in [-0.25, -0.2) is 8.42 Å². The van der Waals surface area contributed by atoms with Crippen molar-refractivity contribution in [3.8, 4) is 0 Å². The van der Waals surface area contributed by atoms with Gasteiger partial charge >= 0.3 is 0 Å². The van der Waals surface area contributed by atoms with Crippen molar-refractivity contribution in [3.05, 3.63) is 28.2 Å². The van der Waals surface area contributed by atoms with Gasteiger partial charge in [-0.3, -0.25) is 9.10 Å². The number of anilines is 1. The van der Waals surface area contributed by atoms with Gasteiger partial charge < -0.3 is 10.1 Å². The molecular formula is C16H24Cl2N2O4S. The molecule has 0 aromatic heterocycles. The molecule has 1 aromatic carbocycles. The Morgan fingerprint density at radius 2 is 2.00 bits per heavy atom. The van der Waals surface area contributed by atoms with Crippen LogP contribution in [-0.2, 0) is 19.6 Å². The molecule has 0 radical (unpaired) electrons. The van der Waals surface area contributed by atoms with Crippen LogP contribution in [0.4, 0.5) is 5.69 Å². The van der Waals surface area contributed by atoms with Crippen LogP contribution in [0.1, 0.15) is 26.2 Å². The third kappa shape index (κ3) is 8.27. The van der Waals surface area contributed by atoms with Gasteiger partial charge in [0.15, 0.2) is 0 Å². The number of sulfonamides is 1. The lowest BCUT2D eigenvalue weighted by molar-refractivity contribution is -0.121. The van der Waals surface area contributed by atoms with Crippen molar-refractivity contribution >= 4 is 44.8 Å². The second-order valence-electron chi connectivity index (χ2n) is 5.43. The minimum atomic E-state index is -3.54. The predicted molar refractivity (Wildman–Crippen MR) is 102 cm³/mol. The number of hydrogen-bond donors (Lipinski definition) is 1. The van der Waals surface area contributed by atoms with E-state index >= 15 is 0 Å². The van der Waals surface area contributed by atoms with E-state index in [-0.39, 0.29) is 23.9 Å². The predicted octanol–water partition coefficient (Wildman–Crippen LogP) is 3.08. The second-order valence-corrected chi connectivity index (χ2v) is 8.19. The lowest BCUT2D eigenvalue weighted by atomic mass is 10.2. The Balaban J connectivity index is 2.56. The summed E-state index contributed by atoms with van der Waals surface area (Å²) < 4.78 is 30.5. The minimum Gasteiger partial charge on any atom is -0.382 e. The number of benzene rings is 1. The fraction of sp³-hybridized carbons (Fsp3) is 0.562. The average Bonchev–Trinajstić information content (AvgIpc) is 2.53. The molecule has 0 fully saturated rings. The van der Waals surface area contributed by atoms with E-state index in [2.05, 4.69) is 5.32 Å². The van der Waals surface area contributed by atoms with Crippen molar-refractivity contribution in [1.82, 2.24) is 5.32 Å². The third-order valence-electron chi connectivity index (χ3n) is 3.33. The van der Waals surface area contributed by atoms with Gasteiger partial charge in [-0.15, -0.1) is 0 Å². The highest BCUT2D eigenvalue weighted by atomic mass is 35.5. The number of nitrogens with zero attached hydrogens (tertiary/aromatic N) is 1. The molecule has 0 saturated carbocycles. The minimum absolute atomic E-state index is 0.123. The number of carbonyl (C=O) groups excluding carboxylic acids is 1. The number of rotatable bonds is 11. The molecule has 25 heavy (non-hydrogen) atoms. The molecule has 0 heterocycles. The number of carbonyl (C=O) groups is 1. The van der Waals surface area contributed by atoms with Crippen molar-refractivity contribution in [2.75, 3.05) is 36.9 Å². The van der Waals surface area contributed by atoms with Crippen LogP contribution in [0.5, 0.6) is 0 Å². The van der Waals surface area contributed by atoms with E-state index in [1.54, 1.807) is 12.1 Å². The number of ether oxygens (including phenoxy) is 1. The average molecular weight is 411 g/mol. The Labute approximate surface area is 159 Å². The summed E-state index contributed by atoms with van der Waals surface area (Å²) in [6, 6.07) is 4.63. The van der Waals surface area contributed by atoms with Gasteiger partial charge in [0, 0.05) is 37.7 Å². The van der Waals surface area contributed by atoms with E-state index in [1.165, 1.54) is 10.4 Å². The molecule has 0 spiro atoms. The summed E-state index contributed by atoms with van der Waals surface area (Å²) in [4.78, 5) is 11.8. The van der Waals surface area contributed by atoms with Gasteiger partial charge in [0.1, 0.15) is 0 Å². The van der Waals surface area contributed by atoms with Crippen LogP contribution in [0.2, 0.25) is 10.0 Å². The van der Waals surface area contributed by atoms with Gasteiger partial charge in [0.05, 0.1) is 17.0 Å². The first-order chi connectivity index (χ1) is 11.8. The van der Waals surface area contributed by atoms with E-state index < -0.39 is 10.0 Å². The Kier molecular flexibility index (Phi) is 9.56. The van der Waals surface area contributed by atoms with Crippen molar-refractivity contribution in [2.24, 2.45) is 0 Å². The summed E-state index contributed by atoms with van der Waals surface area (Å²) in [6.45, 7) is 3.85. The summed E-state index contributed by atoms with van der Waals surface area (Å²) in [5.74, 6) is -0.123. The Hall–Kier alpha value is -1.02. The summed E-state index contributed by atoms with van der Waals surface area (Å²) in [5, 5.41) is 3.46. The molecule has 1 amide bonds. The van der Waals surface area contributed by atoms with Gasteiger partial charge in [0.25, 0.3) is 0 Å². The van der Waals surface area contributed by atoms with E-state index in [0.717, 1.165) is 12.7 Å². The molecule has 1 aromatic rings. The van der Waals surface area contributed by atoms with E-state index in [4.69, 9.17) is 27.9 Å². The molecule has 0 aliphatic carbocycles. The van der Waals surface area contributed by atoms with Crippen LogP contribution in [0.25, 0.3) is 0 Å². The van der Waals surface area contributed by atoms with Gasteiger partial charge in [-0.2, -0.15) is 0 Å². The number of halogens is 2. The first-order valence-electron chi connectivity index (χ1n) is 8.03.